The second-order valence-electron chi connectivity index (χ2n) is 7.38. The molecule has 0 saturated heterocycles. The van der Waals surface area contributed by atoms with Gasteiger partial charge in [-0.15, -0.1) is 0 Å². The van der Waals surface area contributed by atoms with Crippen molar-refractivity contribution in [2.24, 2.45) is 0 Å². The number of oxazole rings is 1. The fourth-order valence-electron chi connectivity index (χ4n) is 3.40. The van der Waals surface area contributed by atoms with Gasteiger partial charge in [0.05, 0.1) is 17.0 Å². The summed E-state index contributed by atoms with van der Waals surface area (Å²) in [5, 5.41) is 0. The number of aryl methyl sites for hydroxylation is 1. The molecule has 1 aliphatic heterocycles. The summed E-state index contributed by atoms with van der Waals surface area (Å²) in [6, 6.07) is 9.90. The minimum atomic E-state index is -0.0183. The second-order valence-corrected chi connectivity index (χ2v) is 7.38. The molecule has 2 aromatic heterocycles. The van der Waals surface area contributed by atoms with Crippen LogP contribution >= 0.6 is 0 Å². The normalized spacial score (nSPS) is 14.5. The van der Waals surface area contributed by atoms with Crippen LogP contribution < -0.4 is 5.56 Å². The Labute approximate surface area is 158 Å². The third kappa shape index (κ3) is 3.57. The van der Waals surface area contributed by atoms with E-state index < -0.39 is 0 Å². The van der Waals surface area contributed by atoms with Crippen molar-refractivity contribution >= 4 is 0 Å². The molecule has 0 radical (unpaired) electrons. The smallest absolute Gasteiger partial charge is 0.255 e. The quantitative estimate of drug-likeness (QED) is 0.768. The minimum absolute atomic E-state index is 0.0183. The number of aromatic nitrogens is 3. The van der Waals surface area contributed by atoms with Gasteiger partial charge in [-0.25, -0.2) is 9.97 Å². The van der Waals surface area contributed by atoms with E-state index in [4.69, 9.17) is 4.42 Å². The SMILES string of the molecule is Cc1oc(-c2ccccc2)nc1CN1CCc2nc(C(C)C)[nH]c(=O)c2C1. The Morgan fingerprint density at radius 2 is 2.00 bits per heavy atom. The predicted octanol–water partition coefficient (Wildman–Crippen LogP) is 3.42. The van der Waals surface area contributed by atoms with Crippen molar-refractivity contribution in [2.75, 3.05) is 6.54 Å². The van der Waals surface area contributed by atoms with Crippen LogP contribution in [0.1, 0.15) is 48.3 Å². The lowest BCUT2D eigenvalue weighted by Gasteiger charge is -2.27. The molecule has 6 nitrogen and oxygen atoms in total. The van der Waals surface area contributed by atoms with Crippen LogP contribution in [0.25, 0.3) is 11.5 Å². The summed E-state index contributed by atoms with van der Waals surface area (Å²) >= 11 is 0. The highest BCUT2D eigenvalue weighted by Crippen LogP contribution is 2.24. The van der Waals surface area contributed by atoms with Crippen LogP contribution in [-0.2, 0) is 19.5 Å². The van der Waals surface area contributed by atoms with E-state index >= 15 is 0 Å². The van der Waals surface area contributed by atoms with Crippen molar-refractivity contribution in [3.05, 3.63) is 69.2 Å². The molecule has 3 aromatic rings. The van der Waals surface area contributed by atoms with Gasteiger partial charge in [-0.2, -0.15) is 0 Å². The zero-order valence-corrected chi connectivity index (χ0v) is 16.0. The van der Waals surface area contributed by atoms with E-state index in [1.54, 1.807) is 0 Å². The van der Waals surface area contributed by atoms with E-state index in [0.29, 0.717) is 19.0 Å². The molecule has 27 heavy (non-hydrogen) atoms. The van der Waals surface area contributed by atoms with E-state index in [-0.39, 0.29) is 11.5 Å². The number of fused-ring (bicyclic) bond motifs is 1. The first-order chi connectivity index (χ1) is 13.0. The summed E-state index contributed by atoms with van der Waals surface area (Å²) in [5.74, 6) is 2.45. The molecular weight excluding hydrogens is 340 g/mol. The molecule has 0 spiro atoms. The van der Waals surface area contributed by atoms with Crippen LogP contribution in [0.2, 0.25) is 0 Å². The molecular formula is C21H24N4O2. The molecule has 1 aliphatic rings. The highest BCUT2D eigenvalue weighted by Gasteiger charge is 2.23. The van der Waals surface area contributed by atoms with E-state index in [9.17, 15) is 4.79 Å². The lowest BCUT2D eigenvalue weighted by molar-refractivity contribution is 0.237. The highest BCUT2D eigenvalue weighted by atomic mass is 16.4. The van der Waals surface area contributed by atoms with Gasteiger partial charge in [0.25, 0.3) is 5.56 Å². The average molecular weight is 364 g/mol. The lowest BCUT2D eigenvalue weighted by Crippen LogP contribution is -2.36. The van der Waals surface area contributed by atoms with Crippen LogP contribution in [0.15, 0.2) is 39.5 Å². The number of benzene rings is 1. The number of nitrogens with one attached hydrogen (secondary N) is 1. The second kappa shape index (κ2) is 7.12. The number of hydrogen-bond donors (Lipinski definition) is 1. The first-order valence-electron chi connectivity index (χ1n) is 9.37. The average Bonchev–Trinajstić information content (AvgIpc) is 3.03. The molecule has 0 bridgehead atoms. The molecule has 1 aromatic carbocycles. The zero-order chi connectivity index (χ0) is 19.0. The molecule has 0 fully saturated rings. The standard InChI is InChI=1S/C21H24N4O2/c1-13(2)19-22-17-9-10-25(11-16(17)20(26)24-19)12-18-14(3)27-21(23-18)15-7-5-4-6-8-15/h4-8,13H,9-12H2,1-3H3,(H,22,24,26). The van der Waals surface area contributed by atoms with Gasteiger partial charge in [-0.1, -0.05) is 32.0 Å². The Kier molecular flexibility index (Phi) is 4.66. The van der Waals surface area contributed by atoms with Crippen molar-refractivity contribution in [3.63, 3.8) is 0 Å². The fourth-order valence-corrected chi connectivity index (χ4v) is 3.40. The van der Waals surface area contributed by atoms with Crippen molar-refractivity contribution in [1.82, 2.24) is 19.9 Å². The number of H-pyrrole nitrogens is 1. The first kappa shape index (κ1) is 17.7. The third-order valence-electron chi connectivity index (χ3n) is 5.00. The molecule has 0 aliphatic carbocycles. The zero-order valence-electron chi connectivity index (χ0n) is 16.0. The highest BCUT2D eigenvalue weighted by molar-refractivity contribution is 5.53. The summed E-state index contributed by atoms with van der Waals surface area (Å²) in [4.78, 5) is 27.0. The van der Waals surface area contributed by atoms with E-state index in [2.05, 4.69) is 19.9 Å². The maximum absolute atomic E-state index is 12.5. The van der Waals surface area contributed by atoms with Crippen LogP contribution in [0.3, 0.4) is 0 Å². The predicted molar refractivity (Wildman–Crippen MR) is 103 cm³/mol. The largest absolute Gasteiger partial charge is 0.441 e. The van der Waals surface area contributed by atoms with Crippen LogP contribution in [0.4, 0.5) is 0 Å². The molecule has 4 rings (SSSR count). The monoisotopic (exact) mass is 364 g/mol. The number of rotatable bonds is 4. The molecule has 0 amide bonds. The van der Waals surface area contributed by atoms with Crippen LogP contribution in [0, 0.1) is 6.92 Å². The van der Waals surface area contributed by atoms with Gasteiger partial charge < -0.3 is 9.40 Å². The van der Waals surface area contributed by atoms with Crippen molar-refractivity contribution in [2.45, 2.75) is 46.2 Å². The first-order valence-corrected chi connectivity index (χ1v) is 9.37. The van der Waals surface area contributed by atoms with Crippen LogP contribution in [-0.4, -0.2) is 26.4 Å². The van der Waals surface area contributed by atoms with Gasteiger partial charge in [0, 0.05) is 37.5 Å². The van der Waals surface area contributed by atoms with Crippen molar-refractivity contribution in [3.8, 4) is 11.5 Å². The molecule has 6 heteroatoms. The summed E-state index contributed by atoms with van der Waals surface area (Å²) < 4.78 is 5.86. The summed E-state index contributed by atoms with van der Waals surface area (Å²) in [5.41, 5.74) is 3.57. The van der Waals surface area contributed by atoms with E-state index in [0.717, 1.165) is 47.1 Å². The topological polar surface area (TPSA) is 75.0 Å². The van der Waals surface area contributed by atoms with Gasteiger partial charge >= 0.3 is 0 Å². The number of hydrogen-bond acceptors (Lipinski definition) is 5. The van der Waals surface area contributed by atoms with E-state index in [1.807, 2.05) is 51.1 Å². The lowest BCUT2D eigenvalue weighted by atomic mass is 10.1. The molecule has 0 unspecified atom stereocenters. The van der Waals surface area contributed by atoms with Crippen molar-refractivity contribution in [1.29, 1.82) is 0 Å². The maximum atomic E-state index is 12.5. The Morgan fingerprint density at radius 3 is 2.74 bits per heavy atom. The summed E-state index contributed by atoms with van der Waals surface area (Å²) in [6.07, 6.45) is 0.779. The Balaban J connectivity index is 1.54. The Bertz CT molecular complexity index is 1000. The van der Waals surface area contributed by atoms with Gasteiger partial charge in [-0.3, -0.25) is 9.69 Å². The van der Waals surface area contributed by atoms with Gasteiger partial charge in [0.2, 0.25) is 5.89 Å². The maximum Gasteiger partial charge on any atom is 0.255 e. The molecule has 0 atom stereocenters. The number of nitrogens with zero attached hydrogens (tertiary/aromatic N) is 3. The summed E-state index contributed by atoms with van der Waals surface area (Å²) in [6.45, 7) is 8.12. The van der Waals surface area contributed by atoms with Gasteiger partial charge in [0.1, 0.15) is 11.6 Å². The molecule has 140 valence electrons. The molecule has 3 heterocycles. The van der Waals surface area contributed by atoms with Gasteiger partial charge in [0.15, 0.2) is 0 Å². The number of aromatic amines is 1. The van der Waals surface area contributed by atoms with Crippen molar-refractivity contribution < 1.29 is 4.42 Å². The third-order valence-corrected chi connectivity index (χ3v) is 5.00. The van der Waals surface area contributed by atoms with Crippen LogP contribution in [0.5, 0.6) is 0 Å². The fraction of sp³-hybridized carbons (Fsp3) is 0.381. The van der Waals surface area contributed by atoms with E-state index in [1.165, 1.54) is 0 Å². The molecule has 1 N–H and O–H groups in total. The Hall–Kier alpha value is -2.73. The molecule has 0 saturated carbocycles. The minimum Gasteiger partial charge on any atom is -0.441 e. The van der Waals surface area contributed by atoms with Gasteiger partial charge in [-0.05, 0) is 19.1 Å². The Morgan fingerprint density at radius 1 is 1.22 bits per heavy atom. The summed E-state index contributed by atoms with van der Waals surface area (Å²) in [7, 11) is 0.